The minimum atomic E-state index is -0.217. The second-order valence-electron chi connectivity index (χ2n) is 6.37. The van der Waals surface area contributed by atoms with Crippen molar-refractivity contribution in [2.75, 3.05) is 26.2 Å². The molecule has 0 saturated carbocycles. The first-order valence-corrected chi connectivity index (χ1v) is 8.95. The van der Waals surface area contributed by atoms with Crippen LogP contribution in [0.5, 0.6) is 0 Å². The normalized spacial score (nSPS) is 18.3. The maximum absolute atomic E-state index is 11.9. The summed E-state index contributed by atoms with van der Waals surface area (Å²) in [6.45, 7) is 3.07. The molecule has 0 radical (unpaired) electrons. The summed E-state index contributed by atoms with van der Waals surface area (Å²) in [5, 5.41) is 3.68. The number of carbonyl (C=O) groups excluding carboxylic acids is 2. The average molecular weight is 352 g/mol. The SMILES string of the molecule is NC(=O)[C@@H]1CCCN(CCNC(=O)CCCc2ccc(Cl)cc2)C1. The summed E-state index contributed by atoms with van der Waals surface area (Å²) in [4.78, 5) is 25.3. The van der Waals surface area contributed by atoms with Crippen LogP contribution in [0.25, 0.3) is 0 Å². The molecule has 132 valence electrons. The van der Waals surface area contributed by atoms with Crippen LogP contribution in [-0.4, -0.2) is 42.9 Å². The first-order valence-electron chi connectivity index (χ1n) is 8.57. The number of piperidine rings is 1. The van der Waals surface area contributed by atoms with Crippen molar-refractivity contribution in [2.24, 2.45) is 11.7 Å². The number of halogens is 1. The fourth-order valence-electron chi connectivity index (χ4n) is 3.04. The number of aryl methyl sites for hydroxylation is 1. The lowest BCUT2D eigenvalue weighted by Gasteiger charge is -2.31. The van der Waals surface area contributed by atoms with Gasteiger partial charge in [0, 0.05) is 31.1 Å². The highest BCUT2D eigenvalue weighted by molar-refractivity contribution is 6.30. The molecular formula is C18H26ClN3O2. The van der Waals surface area contributed by atoms with E-state index in [1.54, 1.807) is 0 Å². The van der Waals surface area contributed by atoms with Gasteiger partial charge in [0.2, 0.25) is 11.8 Å². The zero-order chi connectivity index (χ0) is 17.4. The summed E-state index contributed by atoms with van der Waals surface area (Å²) < 4.78 is 0. The highest BCUT2D eigenvalue weighted by atomic mass is 35.5. The van der Waals surface area contributed by atoms with Gasteiger partial charge in [-0.1, -0.05) is 23.7 Å². The monoisotopic (exact) mass is 351 g/mol. The van der Waals surface area contributed by atoms with Crippen LogP contribution in [-0.2, 0) is 16.0 Å². The molecule has 0 aliphatic carbocycles. The molecule has 1 aliphatic rings. The smallest absolute Gasteiger partial charge is 0.221 e. The minimum Gasteiger partial charge on any atom is -0.369 e. The number of nitrogens with one attached hydrogen (secondary N) is 1. The van der Waals surface area contributed by atoms with E-state index in [4.69, 9.17) is 17.3 Å². The number of nitrogens with zero attached hydrogens (tertiary/aromatic N) is 1. The molecule has 24 heavy (non-hydrogen) atoms. The molecule has 2 rings (SSSR count). The van der Waals surface area contributed by atoms with Crippen molar-refractivity contribution in [2.45, 2.75) is 32.1 Å². The Morgan fingerprint density at radius 3 is 2.75 bits per heavy atom. The van der Waals surface area contributed by atoms with Gasteiger partial charge >= 0.3 is 0 Å². The Bertz CT molecular complexity index is 548. The van der Waals surface area contributed by atoms with Crippen LogP contribution in [0.2, 0.25) is 5.02 Å². The third kappa shape index (κ3) is 6.49. The van der Waals surface area contributed by atoms with Gasteiger partial charge in [-0.15, -0.1) is 0 Å². The molecule has 1 heterocycles. The Kier molecular flexibility index (Phi) is 7.53. The number of benzene rings is 1. The van der Waals surface area contributed by atoms with Crippen molar-refractivity contribution in [3.05, 3.63) is 34.9 Å². The Hall–Kier alpha value is -1.59. The molecule has 0 spiro atoms. The number of nitrogens with two attached hydrogens (primary N) is 1. The van der Waals surface area contributed by atoms with Gasteiger partial charge in [0.15, 0.2) is 0 Å². The predicted octanol–water partition coefficient (Wildman–Crippen LogP) is 1.98. The fourth-order valence-corrected chi connectivity index (χ4v) is 3.16. The molecule has 3 N–H and O–H groups in total. The summed E-state index contributed by atoms with van der Waals surface area (Å²) >= 11 is 5.85. The summed E-state index contributed by atoms with van der Waals surface area (Å²) in [5.74, 6) is -0.188. The van der Waals surface area contributed by atoms with E-state index >= 15 is 0 Å². The van der Waals surface area contributed by atoms with Crippen molar-refractivity contribution < 1.29 is 9.59 Å². The molecule has 0 unspecified atom stereocenters. The fraction of sp³-hybridized carbons (Fsp3) is 0.556. The first kappa shape index (κ1) is 18.7. The van der Waals surface area contributed by atoms with E-state index in [1.807, 2.05) is 24.3 Å². The summed E-state index contributed by atoms with van der Waals surface area (Å²) in [7, 11) is 0. The number of carbonyl (C=O) groups is 2. The Morgan fingerprint density at radius 2 is 2.04 bits per heavy atom. The summed E-state index contributed by atoms with van der Waals surface area (Å²) in [6.07, 6.45) is 4.08. The Labute approximate surface area is 148 Å². The van der Waals surface area contributed by atoms with Gasteiger partial charge in [-0.25, -0.2) is 0 Å². The van der Waals surface area contributed by atoms with E-state index < -0.39 is 0 Å². The molecule has 1 aromatic rings. The maximum Gasteiger partial charge on any atom is 0.221 e. The number of amides is 2. The third-order valence-corrected chi connectivity index (χ3v) is 4.69. The van der Waals surface area contributed by atoms with Gasteiger partial charge in [-0.2, -0.15) is 0 Å². The molecule has 0 aromatic heterocycles. The van der Waals surface area contributed by atoms with Gasteiger partial charge in [0.1, 0.15) is 0 Å². The summed E-state index contributed by atoms with van der Waals surface area (Å²) in [6, 6.07) is 7.72. The molecule has 6 heteroatoms. The van der Waals surface area contributed by atoms with Crippen LogP contribution in [0.15, 0.2) is 24.3 Å². The standard InChI is InChI=1S/C18H26ClN3O2/c19-16-8-6-14(7-9-16)3-1-5-17(23)21-10-12-22-11-2-4-15(13-22)18(20)24/h6-9,15H,1-5,10-13H2,(H2,20,24)(H,21,23)/t15-/m1/s1. The highest BCUT2D eigenvalue weighted by Crippen LogP contribution is 2.15. The van der Waals surface area contributed by atoms with Crippen LogP contribution in [0.3, 0.4) is 0 Å². The molecule has 5 nitrogen and oxygen atoms in total. The Balaban J connectivity index is 1.58. The molecule has 1 aliphatic heterocycles. The largest absolute Gasteiger partial charge is 0.369 e. The first-order chi connectivity index (χ1) is 11.5. The van der Waals surface area contributed by atoms with Gasteiger partial charge in [-0.05, 0) is 49.9 Å². The molecule has 1 atom stereocenters. The quantitative estimate of drug-likeness (QED) is 0.752. The maximum atomic E-state index is 11.9. The lowest BCUT2D eigenvalue weighted by molar-refractivity contribution is -0.124. The lowest BCUT2D eigenvalue weighted by atomic mass is 9.97. The number of likely N-dealkylation sites (tertiary alicyclic amines) is 1. The molecule has 1 saturated heterocycles. The topological polar surface area (TPSA) is 75.4 Å². The van der Waals surface area contributed by atoms with E-state index in [0.29, 0.717) is 19.5 Å². The van der Waals surface area contributed by atoms with Crippen molar-refractivity contribution in [1.82, 2.24) is 10.2 Å². The number of rotatable bonds is 8. The number of hydrogen-bond acceptors (Lipinski definition) is 3. The van der Waals surface area contributed by atoms with Gasteiger partial charge < -0.3 is 16.0 Å². The van der Waals surface area contributed by atoms with Crippen molar-refractivity contribution >= 4 is 23.4 Å². The van der Waals surface area contributed by atoms with Gasteiger partial charge in [0.05, 0.1) is 5.92 Å². The average Bonchev–Trinajstić information content (AvgIpc) is 2.57. The molecule has 0 bridgehead atoms. The third-order valence-electron chi connectivity index (χ3n) is 4.44. The minimum absolute atomic E-state index is 0.0474. The van der Waals surface area contributed by atoms with E-state index in [9.17, 15) is 9.59 Å². The molecular weight excluding hydrogens is 326 g/mol. The van der Waals surface area contributed by atoms with E-state index in [-0.39, 0.29) is 17.7 Å². The van der Waals surface area contributed by atoms with Crippen LogP contribution < -0.4 is 11.1 Å². The predicted molar refractivity (Wildman–Crippen MR) is 95.8 cm³/mol. The number of hydrogen-bond donors (Lipinski definition) is 2. The molecule has 1 fully saturated rings. The van der Waals surface area contributed by atoms with Crippen LogP contribution in [0.1, 0.15) is 31.2 Å². The zero-order valence-electron chi connectivity index (χ0n) is 14.0. The van der Waals surface area contributed by atoms with Crippen molar-refractivity contribution in [1.29, 1.82) is 0 Å². The lowest BCUT2D eigenvalue weighted by Crippen LogP contribution is -2.44. The van der Waals surface area contributed by atoms with E-state index in [1.165, 1.54) is 5.56 Å². The second-order valence-corrected chi connectivity index (χ2v) is 6.81. The van der Waals surface area contributed by atoms with Crippen molar-refractivity contribution in [3.63, 3.8) is 0 Å². The van der Waals surface area contributed by atoms with Gasteiger partial charge in [0.25, 0.3) is 0 Å². The zero-order valence-corrected chi connectivity index (χ0v) is 14.7. The second kappa shape index (κ2) is 9.64. The van der Waals surface area contributed by atoms with E-state index in [0.717, 1.165) is 43.8 Å². The summed E-state index contributed by atoms with van der Waals surface area (Å²) in [5.41, 5.74) is 6.57. The van der Waals surface area contributed by atoms with E-state index in [2.05, 4.69) is 10.2 Å². The van der Waals surface area contributed by atoms with Gasteiger partial charge in [-0.3, -0.25) is 9.59 Å². The Morgan fingerprint density at radius 1 is 1.29 bits per heavy atom. The van der Waals surface area contributed by atoms with Crippen LogP contribution in [0.4, 0.5) is 0 Å². The highest BCUT2D eigenvalue weighted by Gasteiger charge is 2.23. The van der Waals surface area contributed by atoms with Crippen LogP contribution >= 0.6 is 11.6 Å². The van der Waals surface area contributed by atoms with Crippen molar-refractivity contribution in [3.8, 4) is 0 Å². The van der Waals surface area contributed by atoms with Crippen LogP contribution in [0, 0.1) is 5.92 Å². The molecule has 2 amide bonds. The number of primary amides is 1. The molecule has 1 aromatic carbocycles.